The fourth-order valence-electron chi connectivity index (χ4n) is 2.44. The minimum absolute atomic E-state index is 0.0372. The number of rotatable bonds is 7. The Morgan fingerprint density at radius 3 is 2.67 bits per heavy atom. The average molecular weight is 368 g/mol. The van der Waals surface area contributed by atoms with Crippen molar-refractivity contribution in [1.29, 1.82) is 0 Å². The highest BCUT2D eigenvalue weighted by atomic mass is 32.2. The van der Waals surface area contributed by atoms with Crippen molar-refractivity contribution in [2.24, 2.45) is 0 Å². The Labute approximate surface area is 143 Å². The number of nitrogens with zero attached hydrogens (tertiary/aromatic N) is 2. The van der Waals surface area contributed by atoms with Crippen LogP contribution in [0.3, 0.4) is 0 Å². The van der Waals surface area contributed by atoms with Crippen LogP contribution in [-0.2, 0) is 16.6 Å². The van der Waals surface area contributed by atoms with E-state index < -0.39 is 14.9 Å². The summed E-state index contributed by atoms with van der Waals surface area (Å²) in [5.74, 6) is 0.0372. The van der Waals surface area contributed by atoms with Gasteiger partial charge in [0, 0.05) is 23.5 Å². The number of ether oxygens (including phenoxy) is 1. The van der Waals surface area contributed by atoms with Crippen molar-refractivity contribution < 1.29 is 18.1 Å². The smallest absolute Gasteiger partial charge is 0.312 e. The predicted molar refractivity (Wildman–Crippen MR) is 89.7 cm³/mol. The largest absolute Gasteiger partial charge is 0.490 e. The first-order chi connectivity index (χ1) is 11.4. The Bertz CT molecular complexity index is 845. The molecule has 24 heavy (non-hydrogen) atoms. The van der Waals surface area contributed by atoms with E-state index in [2.05, 4.69) is 0 Å². The molecule has 1 aromatic carbocycles. The van der Waals surface area contributed by atoms with Gasteiger partial charge in [-0.15, -0.1) is 11.3 Å². The Kier molecular flexibility index (Phi) is 4.57. The zero-order valence-electron chi connectivity index (χ0n) is 12.9. The van der Waals surface area contributed by atoms with Gasteiger partial charge < -0.3 is 4.74 Å². The predicted octanol–water partition coefficient (Wildman–Crippen LogP) is 3.02. The lowest BCUT2D eigenvalue weighted by Gasteiger charge is -2.21. The fourth-order valence-corrected chi connectivity index (χ4v) is 4.91. The second-order valence-electron chi connectivity index (χ2n) is 5.45. The maximum atomic E-state index is 13.0. The minimum atomic E-state index is -3.81. The van der Waals surface area contributed by atoms with E-state index in [9.17, 15) is 18.5 Å². The standard InChI is InChI=1S/C15H16N2O5S2/c1-22-15-7-6-13(9-14(15)17(18)19)24(20,21)16(11-4-5-11)10-12-3-2-8-23-12/h2-3,6-9,11H,4-5,10H2,1H3. The van der Waals surface area contributed by atoms with Crippen molar-refractivity contribution >= 4 is 27.0 Å². The SMILES string of the molecule is COc1ccc(S(=O)(=O)N(Cc2cccs2)C2CC2)cc1[N+](=O)[O-]. The lowest BCUT2D eigenvalue weighted by molar-refractivity contribution is -0.386. The summed E-state index contributed by atoms with van der Waals surface area (Å²) >= 11 is 1.49. The highest BCUT2D eigenvalue weighted by molar-refractivity contribution is 7.89. The van der Waals surface area contributed by atoms with Gasteiger partial charge in [0.1, 0.15) is 0 Å². The van der Waals surface area contributed by atoms with Gasteiger partial charge in [0.25, 0.3) is 0 Å². The van der Waals surface area contributed by atoms with Gasteiger partial charge >= 0.3 is 5.69 Å². The van der Waals surface area contributed by atoms with E-state index in [-0.39, 0.29) is 28.9 Å². The summed E-state index contributed by atoms with van der Waals surface area (Å²) in [6.45, 7) is 0.282. The maximum Gasteiger partial charge on any atom is 0.312 e. The summed E-state index contributed by atoms with van der Waals surface area (Å²) in [6, 6.07) is 7.45. The first kappa shape index (κ1) is 16.9. The van der Waals surface area contributed by atoms with Gasteiger partial charge in [0.15, 0.2) is 5.75 Å². The Hall–Kier alpha value is -1.97. The van der Waals surface area contributed by atoms with Gasteiger partial charge in [0.2, 0.25) is 10.0 Å². The van der Waals surface area contributed by atoms with Crippen LogP contribution in [0.25, 0.3) is 0 Å². The van der Waals surface area contributed by atoms with E-state index >= 15 is 0 Å². The molecule has 1 saturated carbocycles. The van der Waals surface area contributed by atoms with Gasteiger partial charge in [-0.05, 0) is 36.4 Å². The summed E-state index contributed by atoms with van der Waals surface area (Å²) in [6.07, 6.45) is 1.62. The molecular formula is C15H16N2O5S2. The molecular weight excluding hydrogens is 352 g/mol. The molecule has 2 aromatic rings. The number of sulfonamides is 1. The second-order valence-corrected chi connectivity index (χ2v) is 8.37. The highest BCUT2D eigenvalue weighted by Gasteiger charge is 2.39. The van der Waals surface area contributed by atoms with Gasteiger partial charge in [-0.2, -0.15) is 4.31 Å². The van der Waals surface area contributed by atoms with E-state index in [1.165, 1.54) is 34.9 Å². The third kappa shape index (κ3) is 3.28. The van der Waals surface area contributed by atoms with Gasteiger partial charge in [0.05, 0.1) is 16.9 Å². The first-order valence-corrected chi connectivity index (χ1v) is 9.62. The van der Waals surface area contributed by atoms with Crippen molar-refractivity contribution in [3.63, 3.8) is 0 Å². The van der Waals surface area contributed by atoms with Gasteiger partial charge in [-0.25, -0.2) is 8.42 Å². The number of hydrogen-bond donors (Lipinski definition) is 0. The van der Waals surface area contributed by atoms with Crippen LogP contribution in [-0.4, -0.2) is 30.8 Å². The van der Waals surface area contributed by atoms with Crippen LogP contribution < -0.4 is 4.74 Å². The molecule has 1 aliphatic rings. The summed E-state index contributed by atoms with van der Waals surface area (Å²) in [7, 11) is -2.51. The minimum Gasteiger partial charge on any atom is -0.490 e. The number of benzene rings is 1. The summed E-state index contributed by atoms with van der Waals surface area (Å²) in [4.78, 5) is 11.4. The number of nitro benzene ring substituents is 1. The molecule has 1 aliphatic carbocycles. The van der Waals surface area contributed by atoms with Crippen molar-refractivity contribution in [1.82, 2.24) is 4.31 Å². The summed E-state index contributed by atoms with van der Waals surface area (Å²) < 4.78 is 32.3. The lowest BCUT2D eigenvalue weighted by Crippen LogP contribution is -2.32. The van der Waals surface area contributed by atoms with Crippen LogP contribution in [0.5, 0.6) is 5.75 Å². The maximum absolute atomic E-state index is 13.0. The van der Waals surface area contributed by atoms with Crippen LogP contribution in [0, 0.1) is 10.1 Å². The molecule has 1 heterocycles. The van der Waals surface area contributed by atoms with E-state index in [0.29, 0.717) is 0 Å². The molecule has 0 saturated heterocycles. The Balaban J connectivity index is 1.99. The zero-order valence-corrected chi connectivity index (χ0v) is 14.5. The molecule has 128 valence electrons. The molecule has 0 amide bonds. The van der Waals surface area contributed by atoms with E-state index in [4.69, 9.17) is 4.74 Å². The van der Waals surface area contributed by atoms with E-state index in [1.807, 2.05) is 17.5 Å². The number of thiophene rings is 1. The van der Waals surface area contributed by atoms with Crippen LogP contribution in [0.1, 0.15) is 17.7 Å². The van der Waals surface area contributed by atoms with Crippen molar-refractivity contribution in [2.45, 2.75) is 30.3 Å². The molecule has 0 bridgehead atoms. The van der Waals surface area contributed by atoms with Crippen LogP contribution >= 0.6 is 11.3 Å². The number of nitro groups is 1. The van der Waals surface area contributed by atoms with Crippen molar-refractivity contribution in [3.05, 3.63) is 50.7 Å². The van der Waals surface area contributed by atoms with Crippen LogP contribution in [0.15, 0.2) is 40.6 Å². The van der Waals surface area contributed by atoms with Crippen LogP contribution in [0.4, 0.5) is 5.69 Å². The number of hydrogen-bond acceptors (Lipinski definition) is 6. The molecule has 0 spiro atoms. The van der Waals surface area contributed by atoms with E-state index in [1.54, 1.807) is 0 Å². The molecule has 9 heteroatoms. The van der Waals surface area contributed by atoms with Crippen LogP contribution in [0.2, 0.25) is 0 Å². The quantitative estimate of drug-likeness (QED) is 0.553. The molecule has 0 aliphatic heterocycles. The third-order valence-electron chi connectivity index (χ3n) is 3.80. The monoisotopic (exact) mass is 368 g/mol. The molecule has 1 aromatic heterocycles. The normalized spacial score (nSPS) is 14.8. The molecule has 0 N–H and O–H groups in total. The van der Waals surface area contributed by atoms with Crippen molar-refractivity contribution in [2.75, 3.05) is 7.11 Å². The molecule has 0 unspecified atom stereocenters. The Morgan fingerprint density at radius 2 is 2.12 bits per heavy atom. The Morgan fingerprint density at radius 1 is 1.38 bits per heavy atom. The van der Waals surface area contributed by atoms with Crippen molar-refractivity contribution in [3.8, 4) is 5.75 Å². The lowest BCUT2D eigenvalue weighted by atomic mass is 10.3. The zero-order chi connectivity index (χ0) is 17.3. The first-order valence-electron chi connectivity index (χ1n) is 7.30. The molecule has 0 radical (unpaired) electrons. The average Bonchev–Trinajstić information content (AvgIpc) is 3.27. The number of methoxy groups -OCH3 is 1. The highest BCUT2D eigenvalue weighted by Crippen LogP contribution is 2.36. The van der Waals surface area contributed by atoms with Gasteiger partial charge in [-0.1, -0.05) is 6.07 Å². The van der Waals surface area contributed by atoms with Gasteiger partial charge in [-0.3, -0.25) is 10.1 Å². The summed E-state index contributed by atoms with van der Waals surface area (Å²) in [5, 5.41) is 13.0. The molecule has 7 nitrogen and oxygen atoms in total. The topological polar surface area (TPSA) is 89.8 Å². The van der Waals surface area contributed by atoms with E-state index in [0.717, 1.165) is 23.8 Å². The fraction of sp³-hybridized carbons (Fsp3) is 0.333. The third-order valence-corrected chi connectivity index (χ3v) is 6.56. The molecule has 1 fully saturated rings. The second kappa shape index (κ2) is 6.50. The summed E-state index contributed by atoms with van der Waals surface area (Å²) in [5.41, 5.74) is -0.356. The molecule has 0 atom stereocenters. The molecule has 3 rings (SSSR count).